The fourth-order valence-corrected chi connectivity index (χ4v) is 1.16. The normalized spacial score (nSPS) is 9.12. The van der Waals surface area contributed by atoms with Gasteiger partial charge in [-0.05, 0) is 0 Å². The molecule has 0 aliphatic rings. The first-order chi connectivity index (χ1) is 3.77. The molecule has 0 saturated heterocycles. The molecule has 0 aromatic carbocycles. The Balaban J connectivity index is 2.82. The van der Waals surface area contributed by atoms with E-state index in [2.05, 4.69) is 0 Å². The molecule has 0 rings (SSSR count). The summed E-state index contributed by atoms with van der Waals surface area (Å²) in [6.45, 7) is 0. The van der Waals surface area contributed by atoms with Crippen LogP contribution in [0.3, 0.4) is 0 Å². The van der Waals surface area contributed by atoms with Gasteiger partial charge in [0.25, 0.3) is 0 Å². The van der Waals surface area contributed by atoms with Crippen LogP contribution in [-0.2, 0) is 4.79 Å². The predicted octanol–water partition coefficient (Wildman–Crippen LogP) is -0.467. The minimum absolute atomic E-state index is 0.123. The third kappa shape index (κ3) is 5.95. The standard InChI is InChI=1S/C4H8O3Se/c5-3-8-2-1-4(6)7/h5H,1-3H2,(H,6,7). The van der Waals surface area contributed by atoms with Gasteiger partial charge in [-0.3, -0.25) is 0 Å². The van der Waals surface area contributed by atoms with Crippen LogP contribution < -0.4 is 0 Å². The number of carboxylic acid groups (broad SMARTS) is 1. The maximum atomic E-state index is 9.80. The molecule has 0 bridgehead atoms. The fraction of sp³-hybridized carbons (Fsp3) is 0.750. The summed E-state index contributed by atoms with van der Waals surface area (Å²) >= 11 is 0.123. The van der Waals surface area contributed by atoms with Crippen LogP contribution in [-0.4, -0.2) is 36.6 Å². The zero-order chi connectivity index (χ0) is 6.41. The molecule has 0 aromatic heterocycles. The van der Waals surface area contributed by atoms with E-state index < -0.39 is 5.97 Å². The monoisotopic (exact) mass is 184 g/mol. The Labute approximate surface area is 53.9 Å². The van der Waals surface area contributed by atoms with Crippen LogP contribution in [0.2, 0.25) is 5.32 Å². The van der Waals surface area contributed by atoms with Crippen LogP contribution in [0.4, 0.5) is 0 Å². The molecule has 0 heterocycles. The Bertz CT molecular complexity index is 73.7. The summed E-state index contributed by atoms with van der Waals surface area (Å²) in [5.74, 6) is -0.777. The predicted molar refractivity (Wildman–Crippen MR) is 29.9 cm³/mol. The Morgan fingerprint density at radius 1 is 1.62 bits per heavy atom. The summed E-state index contributed by atoms with van der Waals surface area (Å²) in [6, 6.07) is 0. The molecule has 0 aliphatic carbocycles. The number of aliphatic hydroxyl groups excluding tert-OH is 1. The van der Waals surface area contributed by atoms with Crippen molar-refractivity contribution in [2.45, 2.75) is 11.7 Å². The summed E-state index contributed by atoms with van der Waals surface area (Å²) in [4.78, 5) is 9.80. The van der Waals surface area contributed by atoms with Crippen molar-refractivity contribution in [2.75, 3.05) is 5.51 Å². The van der Waals surface area contributed by atoms with Crippen molar-refractivity contribution in [1.82, 2.24) is 0 Å². The van der Waals surface area contributed by atoms with Crippen molar-refractivity contribution in [2.24, 2.45) is 0 Å². The van der Waals surface area contributed by atoms with Crippen LogP contribution in [0.25, 0.3) is 0 Å². The SMILES string of the molecule is O=C(O)CC[Se]CO. The van der Waals surface area contributed by atoms with Crippen molar-refractivity contribution in [1.29, 1.82) is 0 Å². The third-order valence-corrected chi connectivity index (χ3v) is 1.97. The van der Waals surface area contributed by atoms with Crippen molar-refractivity contribution in [3.63, 3.8) is 0 Å². The van der Waals surface area contributed by atoms with Crippen molar-refractivity contribution >= 4 is 20.9 Å². The number of hydrogen-bond donors (Lipinski definition) is 2. The van der Waals surface area contributed by atoms with E-state index in [4.69, 9.17) is 10.2 Å². The summed E-state index contributed by atoms with van der Waals surface area (Å²) in [7, 11) is 0. The van der Waals surface area contributed by atoms with Gasteiger partial charge in [0.1, 0.15) is 0 Å². The van der Waals surface area contributed by atoms with Crippen LogP contribution in [0.15, 0.2) is 0 Å². The van der Waals surface area contributed by atoms with Gasteiger partial charge in [0, 0.05) is 0 Å². The Hall–Kier alpha value is -0.0505. The number of aliphatic carboxylic acids is 1. The van der Waals surface area contributed by atoms with Crippen molar-refractivity contribution in [3.8, 4) is 0 Å². The first-order valence-electron chi connectivity index (χ1n) is 2.17. The molecule has 4 heteroatoms. The summed E-state index contributed by atoms with van der Waals surface area (Å²) in [5, 5.41) is 16.9. The molecule has 0 spiro atoms. The molecule has 0 unspecified atom stereocenters. The van der Waals surface area contributed by atoms with E-state index in [1.807, 2.05) is 0 Å². The second kappa shape index (κ2) is 5.09. The van der Waals surface area contributed by atoms with E-state index in [1.54, 1.807) is 0 Å². The van der Waals surface area contributed by atoms with E-state index in [0.717, 1.165) is 0 Å². The van der Waals surface area contributed by atoms with E-state index >= 15 is 0 Å². The fourth-order valence-electron chi connectivity index (χ4n) is 0.224. The molecule has 3 nitrogen and oxygen atoms in total. The van der Waals surface area contributed by atoms with E-state index in [0.29, 0.717) is 5.32 Å². The van der Waals surface area contributed by atoms with Gasteiger partial charge in [0.05, 0.1) is 0 Å². The minimum atomic E-state index is -0.777. The van der Waals surface area contributed by atoms with Gasteiger partial charge in [-0.2, -0.15) is 0 Å². The van der Waals surface area contributed by atoms with Crippen LogP contribution >= 0.6 is 0 Å². The summed E-state index contributed by atoms with van der Waals surface area (Å²) in [5.41, 5.74) is 0.153. The zero-order valence-electron chi connectivity index (χ0n) is 4.33. The molecule has 2 N–H and O–H groups in total. The molecule has 0 aliphatic heterocycles. The number of carbonyl (C=O) groups is 1. The van der Waals surface area contributed by atoms with Crippen molar-refractivity contribution in [3.05, 3.63) is 0 Å². The second-order valence-corrected chi connectivity index (χ2v) is 3.44. The second-order valence-electron chi connectivity index (χ2n) is 1.18. The Kier molecular flexibility index (Phi) is 5.06. The number of hydrogen-bond acceptors (Lipinski definition) is 2. The van der Waals surface area contributed by atoms with Gasteiger partial charge in [-0.15, -0.1) is 0 Å². The first kappa shape index (κ1) is 7.95. The van der Waals surface area contributed by atoms with Gasteiger partial charge in [-0.1, -0.05) is 0 Å². The van der Waals surface area contributed by atoms with Gasteiger partial charge in [-0.25, -0.2) is 0 Å². The third-order valence-electron chi connectivity index (χ3n) is 0.552. The van der Waals surface area contributed by atoms with Gasteiger partial charge < -0.3 is 0 Å². The Morgan fingerprint density at radius 3 is 2.62 bits per heavy atom. The average Bonchev–Trinajstić information content (AvgIpc) is 1.66. The Morgan fingerprint density at radius 2 is 2.25 bits per heavy atom. The summed E-state index contributed by atoms with van der Waals surface area (Å²) in [6.07, 6.45) is 0.195. The molecular weight excluding hydrogens is 175 g/mol. The maximum absolute atomic E-state index is 9.80. The summed E-state index contributed by atoms with van der Waals surface area (Å²) < 4.78 is 0. The first-order valence-corrected chi connectivity index (χ1v) is 4.60. The molecule has 0 atom stereocenters. The zero-order valence-corrected chi connectivity index (χ0v) is 6.05. The van der Waals surface area contributed by atoms with Crippen LogP contribution in [0, 0.1) is 0 Å². The molecular formula is C4H8O3Se. The van der Waals surface area contributed by atoms with E-state index in [-0.39, 0.29) is 26.9 Å². The number of carboxylic acids is 1. The van der Waals surface area contributed by atoms with Gasteiger partial charge in [0.15, 0.2) is 0 Å². The molecule has 8 heavy (non-hydrogen) atoms. The molecule has 0 aromatic rings. The van der Waals surface area contributed by atoms with Crippen LogP contribution in [0.1, 0.15) is 6.42 Å². The molecule has 0 saturated carbocycles. The van der Waals surface area contributed by atoms with Gasteiger partial charge >= 0.3 is 53.2 Å². The molecule has 0 amide bonds. The average molecular weight is 183 g/mol. The topological polar surface area (TPSA) is 57.5 Å². The molecule has 48 valence electrons. The van der Waals surface area contributed by atoms with Crippen LogP contribution in [0.5, 0.6) is 0 Å². The quantitative estimate of drug-likeness (QED) is 0.457. The molecule has 0 fully saturated rings. The number of rotatable bonds is 4. The van der Waals surface area contributed by atoms with Crippen molar-refractivity contribution < 1.29 is 15.0 Å². The number of aliphatic hydroxyl groups is 1. The molecule has 0 radical (unpaired) electrons. The van der Waals surface area contributed by atoms with Gasteiger partial charge in [0.2, 0.25) is 0 Å². The van der Waals surface area contributed by atoms with E-state index in [1.165, 1.54) is 0 Å². The van der Waals surface area contributed by atoms with E-state index in [9.17, 15) is 4.79 Å².